The van der Waals surface area contributed by atoms with Crippen LogP contribution in [0.3, 0.4) is 0 Å². The molecule has 0 spiro atoms. The summed E-state index contributed by atoms with van der Waals surface area (Å²) < 4.78 is 0. The van der Waals surface area contributed by atoms with Crippen LogP contribution in [-0.2, 0) is 24.6 Å². The number of nitrogens with one attached hydrogen (secondary N) is 1. The zero-order chi connectivity index (χ0) is 41.2. The molecule has 296 valence electrons. The molecule has 4 aliphatic rings. The molecule has 1 saturated carbocycles. The summed E-state index contributed by atoms with van der Waals surface area (Å²) in [5.74, 6) is -4.76. The molecule has 59 heavy (non-hydrogen) atoms. The van der Waals surface area contributed by atoms with E-state index in [1.807, 2.05) is 123 Å². The maximum absolute atomic E-state index is 15.3. The molecule has 2 N–H and O–H groups in total. The Morgan fingerprint density at radius 3 is 2.05 bits per heavy atom. The molecule has 2 heterocycles. The predicted molar refractivity (Wildman–Crippen MR) is 226 cm³/mol. The van der Waals surface area contributed by atoms with E-state index in [0.717, 1.165) is 27.4 Å². The highest BCUT2D eigenvalue weighted by Gasteiger charge is 2.70. The molecular weight excluding hydrogens is 741 g/mol. The predicted octanol–water partition coefficient (Wildman–Crippen LogP) is 8.68. The number of aryl methyl sites for hydroxylation is 2. The summed E-state index contributed by atoms with van der Waals surface area (Å²) in [6.45, 7) is 3.77. The van der Waals surface area contributed by atoms with E-state index in [2.05, 4.69) is 15.7 Å². The Morgan fingerprint density at radius 1 is 0.746 bits per heavy atom. The van der Waals surface area contributed by atoms with Crippen LogP contribution in [0.15, 0.2) is 143 Å². The molecule has 0 bridgehead atoms. The van der Waals surface area contributed by atoms with Gasteiger partial charge in [0.25, 0.3) is 11.8 Å². The number of carbonyl (C=O) groups is 4. The van der Waals surface area contributed by atoms with E-state index in [0.29, 0.717) is 40.3 Å². The van der Waals surface area contributed by atoms with Crippen LogP contribution in [-0.4, -0.2) is 47.8 Å². The van der Waals surface area contributed by atoms with E-state index < -0.39 is 46.8 Å². The Morgan fingerprint density at radius 2 is 1.41 bits per heavy atom. The van der Waals surface area contributed by atoms with Crippen molar-refractivity contribution in [2.45, 2.75) is 38.0 Å². The molecular formula is C48H44N6O5. The number of hydrogen-bond donors (Lipinski definition) is 2. The minimum Gasteiger partial charge on any atom is -0.508 e. The highest BCUT2D eigenvalue weighted by atomic mass is 16.3. The standard InChI is InChI=1S/C48H44N6O5/c1-28-10-13-34(14-11-28)51-54-45(57)40-27-39-37(43(30-12-25-41(55)29(2)26-30)48(40,47(54)59)31-8-6-5-7-9-31)23-24-38-42(39)46(58)53(44(38)56)36-21-17-33(18-22-36)50-49-32-15-19-35(20-16-32)52(3)4/h5-23,25-26,38-40,42-43,51,55H,24,27H2,1-4H3. The number of phenols is 1. The van der Waals surface area contributed by atoms with Gasteiger partial charge in [0.15, 0.2) is 0 Å². The Labute approximate surface area is 342 Å². The average Bonchev–Trinajstić information content (AvgIpc) is 3.63. The van der Waals surface area contributed by atoms with Gasteiger partial charge in [0.2, 0.25) is 11.8 Å². The largest absolute Gasteiger partial charge is 0.508 e. The second-order valence-corrected chi connectivity index (χ2v) is 16.3. The van der Waals surface area contributed by atoms with Crippen LogP contribution in [0.5, 0.6) is 5.75 Å². The van der Waals surface area contributed by atoms with Gasteiger partial charge in [-0.2, -0.15) is 15.2 Å². The van der Waals surface area contributed by atoms with Crippen molar-refractivity contribution in [3.05, 3.63) is 155 Å². The van der Waals surface area contributed by atoms with Crippen LogP contribution in [0.25, 0.3) is 0 Å². The fourth-order valence-electron chi connectivity index (χ4n) is 9.84. The van der Waals surface area contributed by atoms with Crippen LogP contribution in [0.1, 0.15) is 41.0 Å². The van der Waals surface area contributed by atoms with E-state index in [9.17, 15) is 19.5 Å². The van der Waals surface area contributed by atoms with Crippen molar-refractivity contribution in [3.8, 4) is 5.75 Å². The van der Waals surface area contributed by atoms with Crippen molar-refractivity contribution < 1.29 is 24.3 Å². The second-order valence-electron chi connectivity index (χ2n) is 16.3. The fraction of sp³-hybridized carbons (Fsp3) is 0.250. The topological polar surface area (TPSA) is 135 Å². The molecule has 0 aromatic heterocycles. The number of anilines is 3. The Hall–Kier alpha value is -6.88. The van der Waals surface area contributed by atoms with Crippen molar-refractivity contribution in [3.63, 3.8) is 0 Å². The Kier molecular flexibility index (Phi) is 9.26. The molecule has 11 heteroatoms. The van der Waals surface area contributed by atoms with E-state index >= 15 is 4.79 Å². The van der Waals surface area contributed by atoms with Gasteiger partial charge in [0, 0.05) is 25.7 Å². The summed E-state index contributed by atoms with van der Waals surface area (Å²) in [7, 11) is 3.94. The van der Waals surface area contributed by atoms with Gasteiger partial charge >= 0.3 is 0 Å². The van der Waals surface area contributed by atoms with Crippen LogP contribution in [0.4, 0.5) is 28.4 Å². The number of nitrogens with zero attached hydrogens (tertiary/aromatic N) is 5. The smallest absolute Gasteiger partial charge is 0.260 e. The van der Waals surface area contributed by atoms with Crippen molar-refractivity contribution in [2.24, 2.45) is 33.9 Å². The number of allylic oxidation sites excluding steroid dienone is 2. The highest BCUT2D eigenvalue weighted by Crippen LogP contribution is 2.64. The van der Waals surface area contributed by atoms with Gasteiger partial charge in [-0.3, -0.25) is 29.5 Å². The first-order valence-corrected chi connectivity index (χ1v) is 19.9. The van der Waals surface area contributed by atoms with Crippen molar-refractivity contribution in [1.29, 1.82) is 0 Å². The lowest BCUT2D eigenvalue weighted by molar-refractivity contribution is -0.138. The minimum absolute atomic E-state index is 0.110. The Bertz CT molecular complexity index is 2550. The number of rotatable bonds is 8. The maximum atomic E-state index is 15.3. The average molecular weight is 785 g/mol. The molecule has 0 radical (unpaired) electrons. The number of imide groups is 2. The molecule has 6 unspecified atom stereocenters. The molecule has 6 atom stereocenters. The number of fused-ring (bicyclic) bond motifs is 4. The molecule has 5 aromatic carbocycles. The van der Waals surface area contributed by atoms with E-state index in [1.165, 1.54) is 4.90 Å². The summed E-state index contributed by atoms with van der Waals surface area (Å²) in [5, 5.41) is 20.5. The highest BCUT2D eigenvalue weighted by molar-refractivity contribution is 6.22. The lowest BCUT2D eigenvalue weighted by Crippen LogP contribution is -2.53. The number of amides is 4. The first kappa shape index (κ1) is 37.7. The van der Waals surface area contributed by atoms with Gasteiger partial charge in [-0.25, -0.2) is 0 Å². The summed E-state index contributed by atoms with van der Waals surface area (Å²) in [5.41, 5.74) is 9.02. The number of azo groups is 1. The number of aromatic hydroxyl groups is 1. The van der Waals surface area contributed by atoms with Gasteiger partial charge < -0.3 is 10.0 Å². The zero-order valence-electron chi connectivity index (χ0n) is 33.2. The van der Waals surface area contributed by atoms with Gasteiger partial charge in [0.05, 0.1) is 45.9 Å². The third kappa shape index (κ3) is 6.11. The third-order valence-corrected chi connectivity index (χ3v) is 12.7. The summed E-state index contributed by atoms with van der Waals surface area (Å²) in [6.07, 6.45) is 2.53. The quantitative estimate of drug-likeness (QED) is 0.0914. The second kappa shape index (κ2) is 14.5. The summed E-state index contributed by atoms with van der Waals surface area (Å²) in [6, 6.07) is 36.8. The molecule has 5 aromatic rings. The monoisotopic (exact) mass is 784 g/mol. The Balaban J connectivity index is 1.10. The first-order chi connectivity index (χ1) is 28.5. The van der Waals surface area contributed by atoms with Gasteiger partial charge in [0.1, 0.15) is 5.75 Å². The zero-order valence-corrected chi connectivity index (χ0v) is 33.2. The number of carbonyl (C=O) groups excluding carboxylic acids is 4. The van der Waals surface area contributed by atoms with Crippen molar-refractivity contribution in [2.75, 3.05) is 29.3 Å². The van der Waals surface area contributed by atoms with Gasteiger partial charge in [-0.15, -0.1) is 0 Å². The summed E-state index contributed by atoms with van der Waals surface area (Å²) >= 11 is 0. The van der Waals surface area contributed by atoms with Crippen LogP contribution in [0.2, 0.25) is 0 Å². The minimum atomic E-state index is -1.39. The molecule has 4 amide bonds. The van der Waals surface area contributed by atoms with Gasteiger partial charge in [-0.05, 0) is 116 Å². The molecule has 2 aliphatic carbocycles. The maximum Gasteiger partial charge on any atom is 0.260 e. The fourth-order valence-corrected chi connectivity index (χ4v) is 9.84. The number of benzene rings is 5. The van der Waals surface area contributed by atoms with E-state index in [-0.39, 0.29) is 24.0 Å². The van der Waals surface area contributed by atoms with Crippen LogP contribution >= 0.6 is 0 Å². The number of phenolic OH excluding ortho intramolecular Hbond substituents is 1. The molecule has 2 aliphatic heterocycles. The van der Waals surface area contributed by atoms with E-state index in [4.69, 9.17) is 0 Å². The molecule has 2 saturated heterocycles. The van der Waals surface area contributed by atoms with E-state index in [1.54, 1.807) is 37.3 Å². The van der Waals surface area contributed by atoms with Crippen molar-refractivity contribution in [1.82, 2.24) is 5.01 Å². The number of hydrogen-bond acceptors (Lipinski definition) is 9. The first-order valence-electron chi connectivity index (χ1n) is 19.9. The summed E-state index contributed by atoms with van der Waals surface area (Å²) in [4.78, 5) is 62.6. The lowest BCUT2D eigenvalue weighted by Gasteiger charge is -2.50. The molecule has 3 fully saturated rings. The van der Waals surface area contributed by atoms with Crippen LogP contribution in [0, 0.1) is 37.5 Å². The van der Waals surface area contributed by atoms with Crippen LogP contribution < -0.4 is 15.2 Å². The normalized spacial score (nSPS) is 24.9. The number of hydrazine groups is 1. The van der Waals surface area contributed by atoms with Crippen molar-refractivity contribution >= 4 is 52.1 Å². The molecule has 9 rings (SSSR count). The molecule has 11 nitrogen and oxygen atoms in total. The van der Waals surface area contributed by atoms with Gasteiger partial charge in [-0.1, -0.05) is 71.8 Å². The SMILES string of the molecule is Cc1ccc(NN2C(=O)C3CC4C(=CCC5C(=O)N(c6ccc(N=Nc7ccc(N(C)C)cc7)cc6)C(=O)C54)C(c4ccc(O)c(C)c4)C3(c3ccccc3)C2=O)cc1. The third-order valence-electron chi connectivity index (χ3n) is 12.7. The lowest BCUT2D eigenvalue weighted by atomic mass is 9.49.